The van der Waals surface area contributed by atoms with E-state index in [0.717, 1.165) is 0 Å². The quantitative estimate of drug-likeness (QED) is 0.685. The first kappa shape index (κ1) is 12.6. The van der Waals surface area contributed by atoms with Crippen LogP contribution in [0.15, 0.2) is 23.0 Å². The Labute approximate surface area is 118 Å². The number of furan rings is 1. The molecule has 20 heavy (non-hydrogen) atoms. The van der Waals surface area contributed by atoms with Crippen molar-refractivity contribution in [2.75, 3.05) is 14.2 Å². The summed E-state index contributed by atoms with van der Waals surface area (Å²) in [5.74, 6) is 0.821. The van der Waals surface area contributed by atoms with E-state index in [9.17, 15) is 0 Å². The number of methoxy groups -OCH3 is 2. The van der Waals surface area contributed by atoms with Gasteiger partial charge < -0.3 is 13.9 Å². The van der Waals surface area contributed by atoms with Gasteiger partial charge in [-0.1, -0.05) is 11.6 Å². The van der Waals surface area contributed by atoms with Gasteiger partial charge in [-0.3, -0.25) is 0 Å². The van der Waals surface area contributed by atoms with Gasteiger partial charge in [-0.05, 0) is 6.07 Å². The van der Waals surface area contributed by atoms with Gasteiger partial charge in [-0.25, -0.2) is 15.0 Å². The number of halogens is 1. The molecule has 0 atom stereocenters. The van der Waals surface area contributed by atoms with Gasteiger partial charge in [0.25, 0.3) is 0 Å². The Balaban J connectivity index is 2.17. The first-order valence-electron chi connectivity index (χ1n) is 5.58. The fraction of sp³-hybridized carbons (Fsp3) is 0.167. The fourth-order valence-corrected chi connectivity index (χ4v) is 1.91. The van der Waals surface area contributed by atoms with Crippen molar-refractivity contribution in [3.8, 4) is 23.2 Å². The van der Waals surface area contributed by atoms with Crippen LogP contribution in [0.2, 0.25) is 5.15 Å². The maximum Gasteiger partial charge on any atom is 0.319 e. The van der Waals surface area contributed by atoms with E-state index in [2.05, 4.69) is 19.9 Å². The van der Waals surface area contributed by atoms with Gasteiger partial charge in [0.15, 0.2) is 0 Å². The summed E-state index contributed by atoms with van der Waals surface area (Å²) < 4.78 is 15.8. The molecule has 0 aliphatic carbocycles. The Bertz CT molecular complexity index is 774. The molecule has 3 heterocycles. The summed E-state index contributed by atoms with van der Waals surface area (Å²) >= 11 is 5.99. The van der Waals surface area contributed by atoms with Gasteiger partial charge in [0.2, 0.25) is 11.6 Å². The second-order valence-corrected chi connectivity index (χ2v) is 4.13. The van der Waals surface area contributed by atoms with E-state index in [0.29, 0.717) is 33.5 Å². The summed E-state index contributed by atoms with van der Waals surface area (Å²) in [6.07, 6.45) is 2.88. The highest BCUT2D eigenvalue weighted by Gasteiger charge is 2.16. The van der Waals surface area contributed by atoms with Crippen LogP contribution >= 0.6 is 11.6 Å². The summed E-state index contributed by atoms with van der Waals surface area (Å²) in [6.45, 7) is 0. The van der Waals surface area contributed by atoms with E-state index < -0.39 is 0 Å². The normalized spacial score (nSPS) is 10.8. The number of ether oxygens (including phenoxy) is 2. The second-order valence-electron chi connectivity index (χ2n) is 3.77. The predicted molar refractivity (Wildman–Crippen MR) is 70.9 cm³/mol. The average Bonchev–Trinajstić information content (AvgIpc) is 2.92. The summed E-state index contributed by atoms with van der Waals surface area (Å²) in [7, 11) is 2.98. The molecule has 0 spiro atoms. The van der Waals surface area contributed by atoms with Crippen molar-refractivity contribution in [1.29, 1.82) is 0 Å². The molecule has 0 bridgehead atoms. The lowest BCUT2D eigenvalue weighted by Gasteiger charge is -2.05. The summed E-state index contributed by atoms with van der Waals surface area (Å²) in [5.41, 5.74) is 0.959. The Morgan fingerprint density at radius 3 is 2.70 bits per heavy atom. The molecule has 0 saturated carbocycles. The highest BCUT2D eigenvalue weighted by atomic mass is 35.5. The first-order chi connectivity index (χ1) is 9.72. The lowest BCUT2D eigenvalue weighted by atomic mass is 10.2. The minimum Gasteiger partial charge on any atom is -0.480 e. The highest BCUT2D eigenvalue weighted by Crippen LogP contribution is 2.34. The SMILES string of the molecule is COc1ncc(-c2cc3c(Cl)ncnc3o2)c(OC)n1. The molecule has 0 fully saturated rings. The third-order valence-electron chi connectivity index (χ3n) is 2.65. The van der Waals surface area contributed by atoms with Crippen LogP contribution in [-0.4, -0.2) is 34.2 Å². The maximum absolute atomic E-state index is 5.99. The largest absolute Gasteiger partial charge is 0.480 e. The molecular weight excluding hydrogens is 284 g/mol. The average molecular weight is 293 g/mol. The number of nitrogens with zero attached hydrogens (tertiary/aromatic N) is 4. The Morgan fingerprint density at radius 1 is 1.15 bits per heavy atom. The molecule has 7 nitrogen and oxygen atoms in total. The highest BCUT2D eigenvalue weighted by molar-refractivity contribution is 6.33. The van der Waals surface area contributed by atoms with Crippen molar-refractivity contribution in [2.45, 2.75) is 0 Å². The first-order valence-corrected chi connectivity index (χ1v) is 5.96. The van der Waals surface area contributed by atoms with Gasteiger partial charge in [0.05, 0.1) is 25.2 Å². The Morgan fingerprint density at radius 2 is 2.00 bits per heavy atom. The van der Waals surface area contributed by atoms with Gasteiger partial charge in [-0.15, -0.1) is 0 Å². The molecule has 102 valence electrons. The topological polar surface area (TPSA) is 83.2 Å². The van der Waals surface area contributed by atoms with Crippen LogP contribution in [-0.2, 0) is 0 Å². The Hall–Kier alpha value is -2.41. The molecule has 0 saturated heterocycles. The molecule has 3 aromatic heterocycles. The minimum absolute atomic E-state index is 0.208. The van der Waals surface area contributed by atoms with Crippen LogP contribution < -0.4 is 9.47 Å². The van der Waals surface area contributed by atoms with E-state index in [1.165, 1.54) is 20.5 Å². The molecule has 0 aliphatic heterocycles. The van der Waals surface area contributed by atoms with Crippen molar-refractivity contribution < 1.29 is 13.9 Å². The van der Waals surface area contributed by atoms with Crippen LogP contribution in [0.25, 0.3) is 22.4 Å². The molecule has 3 rings (SSSR count). The van der Waals surface area contributed by atoms with Gasteiger partial charge in [-0.2, -0.15) is 4.98 Å². The van der Waals surface area contributed by atoms with Crippen molar-refractivity contribution in [2.24, 2.45) is 0 Å². The molecule has 0 radical (unpaired) electrons. The van der Waals surface area contributed by atoms with E-state index in [4.69, 9.17) is 25.5 Å². The number of aromatic nitrogens is 4. The summed E-state index contributed by atoms with van der Waals surface area (Å²) in [6, 6.07) is 1.92. The van der Waals surface area contributed by atoms with E-state index in [-0.39, 0.29) is 6.01 Å². The third-order valence-corrected chi connectivity index (χ3v) is 2.96. The van der Waals surface area contributed by atoms with Crippen LogP contribution in [0.3, 0.4) is 0 Å². The van der Waals surface area contributed by atoms with Crippen molar-refractivity contribution in [1.82, 2.24) is 19.9 Å². The molecule has 3 aromatic rings. The standard InChI is InChI=1S/C12H9ClN4O3/c1-18-11-7(4-14-12(17-11)19-2)8-3-6-9(13)15-5-16-10(6)20-8/h3-5H,1-2H3. The van der Waals surface area contributed by atoms with Crippen molar-refractivity contribution in [3.63, 3.8) is 0 Å². The molecule has 0 unspecified atom stereocenters. The van der Waals surface area contributed by atoms with Crippen molar-refractivity contribution in [3.05, 3.63) is 23.7 Å². The molecule has 0 aromatic carbocycles. The van der Waals surface area contributed by atoms with Crippen LogP contribution in [0.5, 0.6) is 11.9 Å². The molecular formula is C12H9ClN4O3. The van der Waals surface area contributed by atoms with Crippen LogP contribution in [0.1, 0.15) is 0 Å². The Kier molecular flexibility index (Phi) is 3.11. The number of hydrogen-bond acceptors (Lipinski definition) is 7. The van der Waals surface area contributed by atoms with Gasteiger partial charge in [0.1, 0.15) is 17.2 Å². The molecule has 8 heteroatoms. The van der Waals surface area contributed by atoms with Gasteiger partial charge in [0, 0.05) is 6.20 Å². The van der Waals surface area contributed by atoms with E-state index >= 15 is 0 Å². The fourth-order valence-electron chi connectivity index (χ4n) is 1.73. The lowest BCUT2D eigenvalue weighted by Crippen LogP contribution is -1.97. The molecule has 0 amide bonds. The van der Waals surface area contributed by atoms with E-state index in [1.807, 2.05) is 0 Å². The van der Waals surface area contributed by atoms with Crippen molar-refractivity contribution >= 4 is 22.7 Å². The molecule has 0 aliphatic rings. The van der Waals surface area contributed by atoms with Gasteiger partial charge >= 0.3 is 6.01 Å². The predicted octanol–water partition coefficient (Wildman–Crippen LogP) is 2.35. The van der Waals surface area contributed by atoms with Crippen LogP contribution in [0, 0.1) is 0 Å². The summed E-state index contributed by atoms with van der Waals surface area (Å²) in [5, 5.41) is 0.931. The minimum atomic E-state index is 0.208. The van der Waals surface area contributed by atoms with Crippen LogP contribution in [0.4, 0.5) is 0 Å². The lowest BCUT2D eigenvalue weighted by molar-refractivity contribution is 0.352. The maximum atomic E-state index is 5.99. The smallest absolute Gasteiger partial charge is 0.319 e. The zero-order valence-electron chi connectivity index (χ0n) is 10.6. The second kappa shape index (κ2) is 4.93. The summed E-state index contributed by atoms with van der Waals surface area (Å²) in [4.78, 5) is 16.0. The third kappa shape index (κ3) is 2.01. The number of hydrogen-bond donors (Lipinski definition) is 0. The number of rotatable bonds is 3. The number of fused-ring (bicyclic) bond motifs is 1. The van der Waals surface area contributed by atoms with E-state index in [1.54, 1.807) is 12.3 Å². The monoisotopic (exact) mass is 292 g/mol. The zero-order chi connectivity index (χ0) is 14.1. The molecule has 0 N–H and O–H groups in total. The zero-order valence-corrected chi connectivity index (χ0v) is 11.4.